The molecule has 0 radical (unpaired) electrons. The third-order valence-corrected chi connectivity index (χ3v) is 2.14. The van der Waals surface area contributed by atoms with Gasteiger partial charge in [-0.05, 0) is 12.5 Å². The number of carbonyl (C=O) groups is 1. The number of ether oxygens (including phenoxy) is 1. The van der Waals surface area contributed by atoms with Crippen LogP contribution in [-0.2, 0) is 0 Å². The van der Waals surface area contributed by atoms with Crippen LogP contribution >= 0.6 is 0 Å². The molecule has 0 aliphatic carbocycles. The Morgan fingerprint density at radius 2 is 2.20 bits per heavy atom. The summed E-state index contributed by atoms with van der Waals surface area (Å²) in [7, 11) is 0. The highest BCUT2D eigenvalue weighted by molar-refractivity contribution is 5.73. The van der Waals surface area contributed by atoms with Crippen LogP contribution in [0.2, 0.25) is 0 Å². The zero-order valence-corrected chi connectivity index (χ0v) is 9.11. The van der Waals surface area contributed by atoms with Crippen LogP contribution in [0.4, 0.5) is 0 Å². The van der Waals surface area contributed by atoms with E-state index in [1.165, 1.54) is 25.5 Å². The normalized spacial score (nSPS) is 9.93. The van der Waals surface area contributed by atoms with E-state index < -0.39 is 0 Å². The zero-order chi connectivity index (χ0) is 10.9. The summed E-state index contributed by atoms with van der Waals surface area (Å²) in [5.74, 6) is 0.595. The van der Waals surface area contributed by atoms with Gasteiger partial charge in [-0.3, -0.25) is 4.79 Å². The molecule has 3 heteroatoms. The first kappa shape index (κ1) is 11.7. The van der Waals surface area contributed by atoms with Crippen molar-refractivity contribution in [2.45, 2.75) is 32.6 Å². The van der Waals surface area contributed by atoms with E-state index in [1.54, 1.807) is 12.1 Å². The quantitative estimate of drug-likeness (QED) is 0.509. The number of aldehydes is 1. The molecule has 0 saturated carbocycles. The van der Waals surface area contributed by atoms with Gasteiger partial charge >= 0.3 is 0 Å². The van der Waals surface area contributed by atoms with E-state index in [0.29, 0.717) is 18.1 Å². The van der Waals surface area contributed by atoms with Gasteiger partial charge < -0.3 is 4.74 Å². The molecular formula is C12H17NO2. The first-order valence-corrected chi connectivity index (χ1v) is 5.41. The Kier molecular flexibility index (Phi) is 5.44. The van der Waals surface area contributed by atoms with E-state index in [-0.39, 0.29) is 0 Å². The van der Waals surface area contributed by atoms with Crippen molar-refractivity contribution in [3.8, 4) is 5.88 Å². The Balaban J connectivity index is 2.22. The number of pyridine rings is 1. The minimum Gasteiger partial charge on any atom is -0.478 e. The smallest absolute Gasteiger partial charge is 0.213 e. The van der Waals surface area contributed by atoms with Gasteiger partial charge in [0.2, 0.25) is 5.88 Å². The number of carbonyl (C=O) groups excluding carboxylic acids is 1. The highest BCUT2D eigenvalue weighted by atomic mass is 16.5. The second-order valence-electron chi connectivity index (χ2n) is 3.46. The van der Waals surface area contributed by atoms with Crippen molar-refractivity contribution < 1.29 is 9.53 Å². The van der Waals surface area contributed by atoms with Crippen LogP contribution < -0.4 is 4.74 Å². The molecule has 15 heavy (non-hydrogen) atoms. The highest BCUT2D eigenvalue weighted by Crippen LogP contribution is 2.07. The molecule has 3 nitrogen and oxygen atoms in total. The number of unbranched alkanes of at least 4 members (excludes halogenated alkanes) is 3. The molecule has 0 atom stereocenters. The molecule has 0 aliphatic rings. The lowest BCUT2D eigenvalue weighted by Crippen LogP contribution is -1.99. The van der Waals surface area contributed by atoms with Crippen molar-refractivity contribution in [1.82, 2.24) is 4.98 Å². The summed E-state index contributed by atoms with van der Waals surface area (Å²) < 4.78 is 5.43. The first-order valence-electron chi connectivity index (χ1n) is 5.41. The van der Waals surface area contributed by atoms with Crippen LogP contribution in [0.25, 0.3) is 0 Å². The van der Waals surface area contributed by atoms with Crippen LogP contribution in [0.3, 0.4) is 0 Å². The summed E-state index contributed by atoms with van der Waals surface area (Å²) in [4.78, 5) is 14.4. The van der Waals surface area contributed by atoms with E-state index in [2.05, 4.69) is 11.9 Å². The predicted octanol–water partition coefficient (Wildman–Crippen LogP) is 2.85. The molecule has 0 saturated heterocycles. The molecule has 1 aromatic heterocycles. The Morgan fingerprint density at radius 3 is 2.80 bits per heavy atom. The van der Waals surface area contributed by atoms with E-state index in [1.807, 2.05) is 0 Å². The molecule has 0 aromatic carbocycles. The topological polar surface area (TPSA) is 39.2 Å². The maximum atomic E-state index is 10.4. The van der Waals surface area contributed by atoms with E-state index in [0.717, 1.165) is 12.7 Å². The van der Waals surface area contributed by atoms with Gasteiger partial charge in [0.05, 0.1) is 6.61 Å². The number of hydrogen-bond acceptors (Lipinski definition) is 3. The monoisotopic (exact) mass is 207 g/mol. The molecule has 0 bridgehead atoms. The minimum absolute atomic E-state index is 0.577. The Hall–Kier alpha value is -1.38. The fraction of sp³-hybridized carbons (Fsp3) is 0.500. The van der Waals surface area contributed by atoms with Crippen LogP contribution in [0.1, 0.15) is 43.0 Å². The molecule has 1 heterocycles. The number of aromatic nitrogens is 1. The largest absolute Gasteiger partial charge is 0.478 e. The predicted molar refractivity (Wildman–Crippen MR) is 59.3 cm³/mol. The summed E-state index contributed by atoms with van der Waals surface area (Å²) in [6.45, 7) is 2.88. The SMILES string of the molecule is CCCCCCOc1ccc(C=O)cn1. The van der Waals surface area contributed by atoms with Crippen molar-refractivity contribution in [2.24, 2.45) is 0 Å². The highest BCUT2D eigenvalue weighted by Gasteiger charge is 1.95. The lowest BCUT2D eigenvalue weighted by molar-refractivity contribution is 0.112. The van der Waals surface area contributed by atoms with Crippen molar-refractivity contribution >= 4 is 6.29 Å². The van der Waals surface area contributed by atoms with Gasteiger partial charge in [0, 0.05) is 17.8 Å². The summed E-state index contributed by atoms with van der Waals surface area (Å²) in [6.07, 6.45) is 7.04. The van der Waals surface area contributed by atoms with E-state index in [9.17, 15) is 4.79 Å². The van der Waals surface area contributed by atoms with Gasteiger partial charge in [-0.25, -0.2) is 4.98 Å². The van der Waals surface area contributed by atoms with Gasteiger partial charge in [0.15, 0.2) is 6.29 Å². The van der Waals surface area contributed by atoms with Crippen LogP contribution in [0.15, 0.2) is 18.3 Å². The maximum Gasteiger partial charge on any atom is 0.213 e. The minimum atomic E-state index is 0.577. The Morgan fingerprint density at radius 1 is 1.33 bits per heavy atom. The molecule has 82 valence electrons. The molecule has 0 amide bonds. The third kappa shape index (κ3) is 4.58. The standard InChI is InChI=1S/C12H17NO2/c1-2-3-4-5-8-15-12-7-6-11(10-14)9-13-12/h6-7,9-10H,2-5,8H2,1H3. The fourth-order valence-electron chi connectivity index (χ4n) is 1.25. The third-order valence-electron chi connectivity index (χ3n) is 2.14. The van der Waals surface area contributed by atoms with Crippen LogP contribution in [-0.4, -0.2) is 17.9 Å². The van der Waals surface area contributed by atoms with Gasteiger partial charge in [-0.15, -0.1) is 0 Å². The number of hydrogen-bond donors (Lipinski definition) is 0. The van der Waals surface area contributed by atoms with Crippen molar-refractivity contribution in [1.29, 1.82) is 0 Å². The van der Waals surface area contributed by atoms with Crippen LogP contribution in [0.5, 0.6) is 5.88 Å². The number of rotatable bonds is 7. The summed E-state index contributed by atoms with van der Waals surface area (Å²) in [5, 5.41) is 0. The lowest BCUT2D eigenvalue weighted by Gasteiger charge is -2.04. The van der Waals surface area contributed by atoms with Gasteiger partial charge in [-0.2, -0.15) is 0 Å². The Bertz CT molecular complexity index is 282. The fourth-order valence-corrected chi connectivity index (χ4v) is 1.25. The molecule has 0 unspecified atom stereocenters. The van der Waals surface area contributed by atoms with E-state index >= 15 is 0 Å². The second-order valence-corrected chi connectivity index (χ2v) is 3.46. The van der Waals surface area contributed by atoms with Gasteiger partial charge in [0.25, 0.3) is 0 Å². The molecule has 1 rings (SSSR count). The summed E-state index contributed by atoms with van der Waals surface area (Å²) >= 11 is 0. The lowest BCUT2D eigenvalue weighted by atomic mass is 10.2. The maximum absolute atomic E-state index is 10.4. The average Bonchev–Trinajstić information content (AvgIpc) is 2.30. The molecule has 0 aliphatic heterocycles. The van der Waals surface area contributed by atoms with Gasteiger partial charge in [0.1, 0.15) is 0 Å². The molecule has 0 N–H and O–H groups in total. The zero-order valence-electron chi connectivity index (χ0n) is 9.11. The second kappa shape index (κ2) is 6.98. The Labute approximate surface area is 90.5 Å². The molecule has 0 spiro atoms. The van der Waals surface area contributed by atoms with Crippen molar-refractivity contribution in [3.63, 3.8) is 0 Å². The average molecular weight is 207 g/mol. The molecule has 0 fully saturated rings. The summed E-state index contributed by atoms with van der Waals surface area (Å²) in [6, 6.07) is 3.44. The van der Waals surface area contributed by atoms with Gasteiger partial charge in [-0.1, -0.05) is 26.2 Å². The van der Waals surface area contributed by atoms with E-state index in [4.69, 9.17) is 4.74 Å². The number of nitrogens with zero attached hydrogens (tertiary/aromatic N) is 1. The van der Waals surface area contributed by atoms with Crippen molar-refractivity contribution in [2.75, 3.05) is 6.61 Å². The molecule has 1 aromatic rings. The summed E-state index contributed by atoms with van der Waals surface area (Å²) in [5.41, 5.74) is 0.577. The molecular weight excluding hydrogens is 190 g/mol. The first-order chi connectivity index (χ1) is 7.36. The van der Waals surface area contributed by atoms with Crippen molar-refractivity contribution in [3.05, 3.63) is 23.9 Å². The van der Waals surface area contributed by atoms with Crippen LogP contribution in [0, 0.1) is 0 Å².